The number of primary amides is 1. The number of rotatable bonds is 5. The molecule has 0 fully saturated rings. The van der Waals surface area contributed by atoms with Crippen LogP contribution in [-0.2, 0) is 11.2 Å². The van der Waals surface area contributed by atoms with Gasteiger partial charge in [-0.15, -0.1) is 0 Å². The van der Waals surface area contributed by atoms with E-state index in [0.29, 0.717) is 29.2 Å². The Bertz CT molecular complexity index is 995. The molecule has 7 nitrogen and oxygen atoms in total. The minimum absolute atomic E-state index is 0.102. The molecule has 2 heterocycles. The average Bonchev–Trinajstić information content (AvgIpc) is 3.01. The molecule has 3 N–H and O–H groups in total. The van der Waals surface area contributed by atoms with Crippen LogP contribution >= 0.6 is 11.6 Å². The molecule has 0 saturated heterocycles. The summed E-state index contributed by atoms with van der Waals surface area (Å²) in [6, 6.07) is 6.94. The Balaban J connectivity index is 1.77. The van der Waals surface area contributed by atoms with Gasteiger partial charge in [0.1, 0.15) is 6.33 Å². The van der Waals surface area contributed by atoms with E-state index in [0.717, 1.165) is 17.0 Å². The fourth-order valence-corrected chi connectivity index (χ4v) is 2.98. The molecule has 0 radical (unpaired) electrons. The van der Waals surface area contributed by atoms with Crippen molar-refractivity contribution in [2.24, 2.45) is 5.73 Å². The van der Waals surface area contributed by atoms with E-state index in [1.807, 2.05) is 13.8 Å². The fraction of sp³-hybridized carbons (Fsp3) is 0.222. The van der Waals surface area contributed by atoms with Crippen LogP contribution in [-0.4, -0.2) is 26.2 Å². The Hall–Kier alpha value is -2.93. The van der Waals surface area contributed by atoms with Gasteiger partial charge in [-0.3, -0.25) is 14.0 Å². The maximum Gasteiger partial charge on any atom is 0.271 e. The van der Waals surface area contributed by atoms with Crippen LogP contribution in [0.4, 0.5) is 5.69 Å². The predicted octanol–water partition coefficient (Wildman–Crippen LogP) is 2.67. The van der Waals surface area contributed by atoms with Gasteiger partial charge in [-0.25, -0.2) is 9.97 Å². The summed E-state index contributed by atoms with van der Waals surface area (Å²) in [5.41, 5.74) is 9.17. The van der Waals surface area contributed by atoms with E-state index in [-0.39, 0.29) is 11.6 Å². The van der Waals surface area contributed by atoms with Crippen LogP contribution in [0.5, 0.6) is 0 Å². The van der Waals surface area contributed by atoms with Gasteiger partial charge in [0.25, 0.3) is 5.91 Å². The maximum absolute atomic E-state index is 12.2. The van der Waals surface area contributed by atoms with Crippen molar-refractivity contribution in [2.45, 2.75) is 26.7 Å². The number of imidazole rings is 1. The lowest BCUT2D eigenvalue weighted by Crippen LogP contribution is -2.15. The zero-order valence-corrected chi connectivity index (χ0v) is 15.2. The summed E-state index contributed by atoms with van der Waals surface area (Å²) in [4.78, 5) is 32.1. The number of carbonyl (C=O) groups is 2. The molecule has 1 aromatic carbocycles. The van der Waals surface area contributed by atoms with Crippen LogP contribution in [0, 0.1) is 13.8 Å². The van der Waals surface area contributed by atoms with Crippen LogP contribution in [0.3, 0.4) is 0 Å². The van der Waals surface area contributed by atoms with Crippen LogP contribution in [0.2, 0.25) is 5.02 Å². The first-order valence-corrected chi connectivity index (χ1v) is 8.43. The third-order valence-corrected chi connectivity index (χ3v) is 4.47. The van der Waals surface area contributed by atoms with E-state index in [1.165, 1.54) is 6.33 Å². The minimum atomic E-state index is -0.617. The van der Waals surface area contributed by atoms with Crippen LogP contribution < -0.4 is 11.1 Å². The summed E-state index contributed by atoms with van der Waals surface area (Å²) in [6.07, 6.45) is 2.34. The Morgan fingerprint density at radius 1 is 1.23 bits per heavy atom. The molecular weight excluding hydrogens is 354 g/mol. The summed E-state index contributed by atoms with van der Waals surface area (Å²) in [7, 11) is 0. The van der Waals surface area contributed by atoms with Crippen molar-refractivity contribution in [3.05, 3.63) is 58.3 Å². The van der Waals surface area contributed by atoms with Gasteiger partial charge in [-0.2, -0.15) is 0 Å². The summed E-state index contributed by atoms with van der Waals surface area (Å²) in [6.45, 7) is 3.75. The number of nitrogens with two attached hydrogens (primary N) is 1. The Kier molecular flexibility index (Phi) is 4.90. The second kappa shape index (κ2) is 7.13. The van der Waals surface area contributed by atoms with Crippen molar-refractivity contribution < 1.29 is 9.59 Å². The van der Waals surface area contributed by atoms with Gasteiger partial charge in [0.15, 0.2) is 11.3 Å². The van der Waals surface area contributed by atoms with Gasteiger partial charge in [-0.1, -0.05) is 11.6 Å². The van der Waals surface area contributed by atoms with Crippen molar-refractivity contribution in [3.8, 4) is 0 Å². The number of aromatic nitrogens is 3. The van der Waals surface area contributed by atoms with Gasteiger partial charge < -0.3 is 11.1 Å². The van der Waals surface area contributed by atoms with Gasteiger partial charge in [0.05, 0.1) is 0 Å². The highest BCUT2D eigenvalue weighted by Gasteiger charge is 2.17. The molecular formula is C18H18ClN5O2. The quantitative estimate of drug-likeness (QED) is 0.719. The molecule has 134 valence electrons. The summed E-state index contributed by atoms with van der Waals surface area (Å²) in [5.74, 6) is -0.719. The topological polar surface area (TPSA) is 102 Å². The van der Waals surface area contributed by atoms with Crippen molar-refractivity contribution in [1.82, 2.24) is 14.4 Å². The second-order valence-electron chi connectivity index (χ2n) is 5.97. The monoisotopic (exact) mass is 371 g/mol. The second-order valence-corrected chi connectivity index (χ2v) is 6.40. The standard InChI is InChI=1S/C18H18ClN5O2/c1-10-14(7-8-15(25)23-13-5-3-12(19)4-6-13)11(2)24-9-21-16(17(20)26)18(24)22-10/h3-6,9H,7-8H2,1-2H3,(H2,20,26)(H,23,25). The molecule has 0 spiro atoms. The molecule has 2 aromatic heterocycles. The van der Waals surface area contributed by atoms with Crippen molar-refractivity contribution >= 4 is 34.7 Å². The molecule has 0 unspecified atom stereocenters. The highest BCUT2D eigenvalue weighted by molar-refractivity contribution is 6.30. The maximum atomic E-state index is 12.2. The number of aryl methyl sites for hydroxylation is 2. The van der Waals surface area contributed by atoms with E-state index in [2.05, 4.69) is 15.3 Å². The van der Waals surface area contributed by atoms with Crippen LogP contribution in [0.1, 0.15) is 33.9 Å². The van der Waals surface area contributed by atoms with Gasteiger partial charge in [0, 0.05) is 28.5 Å². The fourth-order valence-electron chi connectivity index (χ4n) is 2.86. The molecule has 0 saturated carbocycles. The number of hydrogen-bond acceptors (Lipinski definition) is 4. The first-order chi connectivity index (χ1) is 12.4. The molecule has 8 heteroatoms. The number of nitrogens with zero attached hydrogens (tertiary/aromatic N) is 3. The molecule has 0 atom stereocenters. The third kappa shape index (κ3) is 3.52. The minimum Gasteiger partial charge on any atom is -0.364 e. The molecule has 0 aliphatic heterocycles. The first kappa shape index (κ1) is 17.9. The van der Waals surface area contributed by atoms with Gasteiger partial charge in [0.2, 0.25) is 5.91 Å². The summed E-state index contributed by atoms with van der Waals surface area (Å²) >= 11 is 5.84. The lowest BCUT2D eigenvalue weighted by Gasteiger charge is -2.12. The number of anilines is 1. The Labute approximate surface area is 155 Å². The predicted molar refractivity (Wildman–Crippen MR) is 99.4 cm³/mol. The lowest BCUT2D eigenvalue weighted by molar-refractivity contribution is -0.116. The molecule has 26 heavy (non-hydrogen) atoms. The van der Waals surface area contributed by atoms with E-state index in [9.17, 15) is 9.59 Å². The SMILES string of the molecule is Cc1nc2c(C(N)=O)ncn2c(C)c1CCC(=O)Nc1ccc(Cl)cc1. The molecule has 0 aliphatic rings. The van der Waals surface area contributed by atoms with E-state index >= 15 is 0 Å². The molecule has 0 aliphatic carbocycles. The van der Waals surface area contributed by atoms with Crippen molar-refractivity contribution in [1.29, 1.82) is 0 Å². The molecule has 3 aromatic rings. The molecule has 0 bridgehead atoms. The number of halogens is 1. The largest absolute Gasteiger partial charge is 0.364 e. The zero-order valence-electron chi connectivity index (χ0n) is 14.4. The molecule has 2 amide bonds. The number of carbonyl (C=O) groups excluding carboxylic acids is 2. The van der Waals surface area contributed by atoms with Gasteiger partial charge in [-0.05, 0) is 50.1 Å². The van der Waals surface area contributed by atoms with Gasteiger partial charge >= 0.3 is 0 Å². The highest BCUT2D eigenvalue weighted by Crippen LogP contribution is 2.19. The summed E-state index contributed by atoms with van der Waals surface area (Å²) in [5, 5.41) is 3.45. The Morgan fingerprint density at radius 2 is 1.92 bits per heavy atom. The number of benzene rings is 1. The number of nitrogens with one attached hydrogen (secondary N) is 1. The number of amides is 2. The van der Waals surface area contributed by atoms with Crippen LogP contribution in [0.15, 0.2) is 30.6 Å². The molecule has 3 rings (SSSR count). The van der Waals surface area contributed by atoms with E-state index < -0.39 is 5.91 Å². The first-order valence-electron chi connectivity index (χ1n) is 8.05. The van der Waals surface area contributed by atoms with E-state index in [1.54, 1.807) is 28.7 Å². The zero-order chi connectivity index (χ0) is 18.8. The average molecular weight is 372 g/mol. The van der Waals surface area contributed by atoms with Crippen molar-refractivity contribution in [3.63, 3.8) is 0 Å². The highest BCUT2D eigenvalue weighted by atomic mass is 35.5. The lowest BCUT2D eigenvalue weighted by atomic mass is 10.1. The smallest absolute Gasteiger partial charge is 0.271 e. The van der Waals surface area contributed by atoms with E-state index in [4.69, 9.17) is 17.3 Å². The Morgan fingerprint density at radius 3 is 2.58 bits per heavy atom. The van der Waals surface area contributed by atoms with Crippen molar-refractivity contribution in [2.75, 3.05) is 5.32 Å². The summed E-state index contributed by atoms with van der Waals surface area (Å²) < 4.78 is 1.72. The number of fused-ring (bicyclic) bond motifs is 1. The number of hydrogen-bond donors (Lipinski definition) is 2. The normalized spacial score (nSPS) is 10.9. The van der Waals surface area contributed by atoms with Crippen LogP contribution in [0.25, 0.3) is 5.65 Å². The third-order valence-electron chi connectivity index (χ3n) is 4.21.